The summed E-state index contributed by atoms with van der Waals surface area (Å²) in [5.41, 5.74) is 2.21. The lowest BCUT2D eigenvalue weighted by Crippen LogP contribution is -2.52. The second kappa shape index (κ2) is 7.70. The van der Waals surface area contributed by atoms with Crippen molar-refractivity contribution in [3.8, 4) is 0 Å². The monoisotopic (exact) mass is 322 g/mol. The van der Waals surface area contributed by atoms with Crippen LogP contribution in [-0.2, 0) is 4.74 Å². The Balaban J connectivity index is 2.15. The zero-order chi connectivity index (χ0) is 17.1. The fourth-order valence-electron chi connectivity index (χ4n) is 5.94. The summed E-state index contributed by atoms with van der Waals surface area (Å²) in [5.74, 6) is 2.02. The molecule has 23 heavy (non-hydrogen) atoms. The molecule has 2 nitrogen and oxygen atoms in total. The highest BCUT2D eigenvalue weighted by atomic mass is 16.5. The number of aliphatic hydroxyl groups is 1. The Kier molecular flexibility index (Phi) is 6.35. The first-order valence-electron chi connectivity index (χ1n) is 9.65. The van der Waals surface area contributed by atoms with Crippen LogP contribution in [0.5, 0.6) is 0 Å². The summed E-state index contributed by atoms with van der Waals surface area (Å²) in [6.45, 7) is 13.0. The molecule has 2 aliphatic carbocycles. The summed E-state index contributed by atoms with van der Waals surface area (Å²) in [6.07, 6.45) is 9.85. The lowest BCUT2D eigenvalue weighted by molar-refractivity contribution is -0.0938. The quantitative estimate of drug-likeness (QED) is 0.652. The van der Waals surface area contributed by atoms with E-state index in [0.29, 0.717) is 29.3 Å². The van der Waals surface area contributed by atoms with Crippen molar-refractivity contribution >= 4 is 0 Å². The Morgan fingerprint density at radius 2 is 2.04 bits per heavy atom. The number of methoxy groups -OCH3 is 1. The van der Waals surface area contributed by atoms with E-state index >= 15 is 0 Å². The number of hydrogen-bond acceptors (Lipinski definition) is 2. The van der Waals surface area contributed by atoms with Crippen LogP contribution in [-0.4, -0.2) is 25.4 Å². The molecular formula is C21H38O2. The van der Waals surface area contributed by atoms with Crippen LogP contribution in [0.25, 0.3) is 0 Å². The topological polar surface area (TPSA) is 29.5 Å². The van der Waals surface area contributed by atoms with Gasteiger partial charge in [-0.2, -0.15) is 0 Å². The summed E-state index contributed by atoms with van der Waals surface area (Å²) in [7, 11) is 1.85. The van der Waals surface area contributed by atoms with Crippen LogP contribution in [0, 0.1) is 28.6 Å². The van der Waals surface area contributed by atoms with Crippen molar-refractivity contribution in [3.05, 3.63) is 12.2 Å². The van der Waals surface area contributed by atoms with E-state index in [4.69, 9.17) is 9.84 Å². The van der Waals surface area contributed by atoms with E-state index in [-0.39, 0.29) is 0 Å². The molecule has 0 aromatic heterocycles. The zero-order valence-electron chi connectivity index (χ0n) is 15.9. The summed E-state index contributed by atoms with van der Waals surface area (Å²) < 4.78 is 5.62. The van der Waals surface area contributed by atoms with Gasteiger partial charge in [0.2, 0.25) is 0 Å². The largest absolute Gasteiger partial charge is 0.396 e. The van der Waals surface area contributed by atoms with Crippen molar-refractivity contribution in [3.63, 3.8) is 0 Å². The molecule has 5 atom stereocenters. The predicted molar refractivity (Wildman–Crippen MR) is 97.4 cm³/mol. The van der Waals surface area contributed by atoms with Crippen LogP contribution in [0.1, 0.15) is 72.1 Å². The maximum atomic E-state index is 9.16. The first-order chi connectivity index (χ1) is 10.9. The third-order valence-corrected chi connectivity index (χ3v) is 7.19. The Morgan fingerprint density at radius 3 is 2.70 bits per heavy atom. The molecule has 2 rings (SSSR count). The highest BCUT2D eigenvalue weighted by Gasteiger charge is 2.54. The van der Waals surface area contributed by atoms with E-state index < -0.39 is 0 Å². The molecule has 0 aromatic rings. The van der Waals surface area contributed by atoms with E-state index in [0.717, 1.165) is 18.9 Å². The Bertz CT molecular complexity index is 401. The summed E-state index contributed by atoms with van der Waals surface area (Å²) in [6, 6.07) is 0. The van der Waals surface area contributed by atoms with Gasteiger partial charge in [-0.1, -0.05) is 45.8 Å². The Labute approximate surface area is 143 Å². The minimum Gasteiger partial charge on any atom is -0.396 e. The molecule has 0 aromatic carbocycles. The van der Waals surface area contributed by atoms with Crippen molar-refractivity contribution in [2.24, 2.45) is 28.6 Å². The number of allylic oxidation sites excluding steroid dienone is 1. The standard InChI is InChI=1S/C21H38O2/c1-16(11-14-22)7-9-18-17(2)8-10-19-20(3,15-23-5)12-6-13-21(18,19)4/h16,18-19,22H,2,6-15H2,1,3-5H3/t16-,18-,19+,20-,21-/m0/s1. The average molecular weight is 323 g/mol. The van der Waals surface area contributed by atoms with Crippen LogP contribution in [0.4, 0.5) is 0 Å². The van der Waals surface area contributed by atoms with Gasteiger partial charge >= 0.3 is 0 Å². The normalized spacial score (nSPS) is 39.1. The molecule has 2 aliphatic rings. The second-order valence-electron chi connectivity index (χ2n) is 8.94. The molecule has 0 heterocycles. The number of aliphatic hydroxyl groups excluding tert-OH is 1. The molecule has 0 spiro atoms. The van der Waals surface area contributed by atoms with Crippen LogP contribution >= 0.6 is 0 Å². The molecule has 1 N–H and O–H groups in total. The molecule has 2 saturated carbocycles. The maximum absolute atomic E-state index is 9.16. The van der Waals surface area contributed by atoms with E-state index in [1.807, 2.05) is 7.11 Å². The zero-order valence-corrected chi connectivity index (χ0v) is 15.9. The summed E-state index contributed by atoms with van der Waals surface area (Å²) in [4.78, 5) is 0. The van der Waals surface area contributed by atoms with E-state index in [2.05, 4.69) is 27.4 Å². The second-order valence-corrected chi connectivity index (χ2v) is 8.94. The molecule has 2 heteroatoms. The van der Waals surface area contributed by atoms with Gasteiger partial charge < -0.3 is 9.84 Å². The fourth-order valence-corrected chi connectivity index (χ4v) is 5.94. The van der Waals surface area contributed by atoms with Crippen LogP contribution in [0.3, 0.4) is 0 Å². The molecule has 0 saturated heterocycles. The molecule has 134 valence electrons. The van der Waals surface area contributed by atoms with Crippen molar-refractivity contribution in [2.75, 3.05) is 20.3 Å². The molecular weight excluding hydrogens is 284 g/mol. The van der Waals surface area contributed by atoms with Crippen molar-refractivity contribution in [1.82, 2.24) is 0 Å². The van der Waals surface area contributed by atoms with Gasteiger partial charge in [-0.25, -0.2) is 0 Å². The molecule has 0 amide bonds. The smallest absolute Gasteiger partial charge is 0.0518 e. The number of fused-ring (bicyclic) bond motifs is 1. The van der Waals surface area contributed by atoms with E-state index in [1.165, 1.54) is 50.5 Å². The van der Waals surface area contributed by atoms with Gasteiger partial charge in [-0.3, -0.25) is 0 Å². The lowest BCUT2D eigenvalue weighted by Gasteiger charge is -2.59. The lowest BCUT2D eigenvalue weighted by atomic mass is 9.46. The summed E-state index contributed by atoms with van der Waals surface area (Å²) >= 11 is 0. The van der Waals surface area contributed by atoms with Gasteiger partial charge in [-0.15, -0.1) is 0 Å². The first-order valence-corrected chi connectivity index (χ1v) is 9.65. The van der Waals surface area contributed by atoms with E-state index in [1.54, 1.807) is 0 Å². The van der Waals surface area contributed by atoms with Crippen LogP contribution < -0.4 is 0 Å². The Morgan fingerprint density at radius 1 is 1.30 bits per heavy atom. The molecule has 2 fully saturated rings. The third-order valence-electron chi connectivity index (χ3n) is 7.19. The first kappa shape index (κ1) is 19.0. The van der Waals surface area contributed by atoms with Gasteiger partial charge in [0.1, 0.15) is 0 Å². The minimum absolute atomic E-state index is 0.318. The molecule has 0 radical (unpaired) electrons. The van der Waals surface area contributed by atoms with Crippen molar-refractivity contribution in [2.45, 2.75) is 72.1 Å². The predicted octanol–water partition coefficient (Wildman–Crippen LogP) is 5.21. The number of hydrogen-bond donors (Lipinski definition) is 1. The molecule has 0 aliphatic heterocycles. The van der Waals surface area contributed by atoms with Gasteiger partial charge in [0.15, 0.2) is 0 Å². The average Bonchev–Trinajstić information content (AvgIpc) is 2.46. The Hall–Kier alpha value is -0.340. The van der Waals surface area contributed by atoms with Crippen LogP contribution in [0.15, 0.2) is 12.2 Å². The van der Waals surface area contributed by atoms with Crippen LogP contribution in [0.2, 0.25) is 0 Å². The maximum Gasteiger partial charge on any atom is 0.0518 e. The third kappa shape index (κ3) is 3.85. The SMILES string of the molecule is C=C1CC[C@@H]2[C@](C)(COC)CCC[C@@]2(C)[C@H]1CC[C@H](C)CCO. The van der Waals surface area contributed by atoms with Crippen molar-refractivity contribution < 1.29 is 9.84 Å². The fraction of sp³-hybridized carbons (Fsp3) is 0.905. The molecule has 0 unspecified atom stereocenters. The number of rotatable bonds is 7. The minimum atomic E-state index is 0.318. The van der Waals surface area contributed by atoms with Crippen molar-refractivity contribution in [1.29, 1.82) is 0 Å². The highest BCUT2D eigenvalue weighted by Crippen LogP contribution is 2.62. The highest BCUT2D eigenvalue weighted by molar-refractivity contribution is 5.16. The van der Waals surface area contributed by atoms with Gasteiger partial charge in [0, 0.05) is 13.7 Å². The molecule has 0 bridgehead atoms. The van der Waals surface area contributed by atoms with Gasteiger partial charge in [0.05, 0.1) is 6.61 Å². The number of ether oxygens (including phenoxy) is 1. The van der Waals surface area contributed by atoms with Gasteiger partial charge in [-0.05, 0) is 67.1 Å². The summed E-state index contributed by atoms with van der Waals surface area (Å²) in [5, 5.41) is 9.16. The van der Waals surface area contributed by atoms with E-state index in [9.17, 15) is 0 Å². The van der Waals surface area contributed by atoms with Gasteiger partial charge in [0.25, 0.3) is 0 Å².